The van der Waals surface area contributed by atoms with Crippen LogP contribution in [-0.2, 0) is 12.8 Å². The monoisotopic (exact) mass is 400 g/mol. The van der Waals surface area contributed by atoms with Crippen molar-refractivity contribution in [3.8, 4) is 11.1 Å². The van der Waals surface area contributed by atoms with Crippen LogP contribution in [0.15, 0.2) is 24.3 Å². The topological polar surface area (TPSA) is 49.8 Å². The number of nitrogens with one attached hydrogen (secondary N) is 2. The molecular weight excluding hydrogens is 376 g/mol. The number of aryl methyl sites for hydroxylation is 2. The van der Waals surface area contributed by atoms with Gasteiger partial charge in [-0.1, -0.05) is 38.1 Å². The maximum atomic E-state index is 6.26. The number of fused-ring (bicyclic) bond motifs is 1. The van der Waals surface area contributed by atoms with Crippen LogP contribution in [0.4, 0.5) is 5.82 Å². The van der Waals surface area contributed by atoms with Gasteiger partial charge in [0.05, 0.1) is 5.39 Å². The molecule has 0 saturated carbocycles. The minimum Gasteiger partial charge on any atom is -0.367 e. The Morgan fingerprint density at radius 1 is 1.11 bits per heavy atom. The smallest absolute Gasteiger partial charge is 0.225 e. The number of piperidine rings is 1. The molecule has 0 aliphatic carbocycles. The van der Waals surface area contributed by atoms with E-state index in [2.05, 4.69) is 58.7 Å². The first-order valence-corrected chi connectivity index (χ1v) is 10.9. The highest BCUT2D eigenvalue weighted by atomic mass is 35.5. The van der Waals surface area contributed by atoms with Gasteiger partial charge in [-0.3, -0.25) is 0 Å². The van der Waals surface area contributed by atoms with E-state index in [0.717, 1.165) is 54.8 Å². The van der Waals surface area contributed by atoms with Crippen LogP contribution in [0.2, 0.25) is 5.28 Å². The highest BCUT2D eigenvalue weighted by Crippen LogP contribution is 2.42. The highest BCUT2D eigenvalue weighted by Gasteiger charge is 2.22. The van der Waals surface area contributed by atoms with Gasteiger partial charge in [-0.05, 0) is 61.5 Å². The molecule has 1 aliphatic rings. The zero-order valence-electron chi connectivity index (χ0n) is 15.8. The molecule has 4 rings (SSSR count). The van der Waals surface area contributed by atoms with Gasteiger partial charge >= 0.3 is 0 Å². The van der Waals surface area contributed by atoms with Crippen LogP contribution in [0.25, 0.3) is 21.3 Å². The maximum absolute atomic E-state index is 6.26. The van der Waals surface area contributed by atoms with E-state index in [1.54, 1.807) is 11.3 Å². The van der Waals surface area contributed by atoms with Gasteiger partial charge in [0, 0.05) is 16.5 Å². The van der Waals surface area contributed by atoms with Crippen LogP contribution >= 0.6 is 22.9 Å². The largest absolute Gasteiger partial charge is 0.367 e. The van der Waals surface area contributed by atoms with Crippen molar-refractivity contribution >= 4 is 39.0 Å². The Balaban J connectivity index is 1.85. The van der Waals surface area contributed by atoms with E-state index in [9.17, 15) is 0 Å². The molecule has 0 atom stereocenters. The van der Waals surface area contributed by atoms with Crippen LogP contribution < -0.4 is 10.6 Å². The summed E-state index contributed by atoms with van der Waals surface area (Å²) < 4.78 is 0. The van der Waals surface area contributed by atoms with E-state index < -0.39 is 0 Å². The van der Waals surface area contributed by atoms with Crippen molar-refractivity contribution in [1.82, 2.24) is 15.3 Å². The molecule has 6 heteroatoms. The van der Waals surface area contributed by atoms with E-state index in [4.69, 9.17) is 11.6 Å². The summed E-state index contributed by atoms with van der Waals surface area (Å²) in [7, 11) is 0. The van der Waals surface area contributed by atoms with Crippen molar-refractivity contribution in [2.45, 2.75) is 45.6 Å². The normalized spacial score (nSPS) is 15.4. The highest BCUT2D eigenvalue weighted by molar-refractivity contribution is 7.19. The summed E-state index contributed by atoms with van der Waals surface area (Å²) in [5.74, 6) is 0.877. The number of thiophene rings is 1. The van der Waals surface area contributed by atoms with E-state index in [0.29, 0.717) is 11.3 Å². The third-order valence-electron chi connectivity index (χ3n) is 5.25. The maximum Gasteiger partial charge on any atom is 0.225 e. The first-order valence-electron chi connectivity index (χ1n) is 9.75. The van der Waals surface area contributed by atoms with Crippen LogP contribution in [0, 0.1) is 0 Å². The van der Waals surface area contributed by atoms with Crippen LogP contribution in [0.1, 0.15) is 37.1 Å². The number of hydrogen-bond acceptors (Lipinski definition) is 5. The van der Waals surface area contributed by atoms with Gasteiger partial charge in [0.1, 0.15) is 10.6 Å². The van der Waals surface area contributed by atoms with Crippen LogP contribution in [-0.4, -0.2) is 29.1 Å². The van der Waals surface area contributed by atoms with Gasteiger partial charge in [0.25, 0.3) is 0 Å². The molecule has 0 spiro atoms. The number of anilines is 1. The number of halogens is 1. The molecule has 0 amide bonds. The SMILES string of the molecule is CCc1ccc(-c2c(CC)sc3nc(Cl)nc(NC4CCNCC4)c23)cc1. The molecule has 0 radical (unpaired) electrons. The van der Waals surface area contributed by atoms with Crippen molar-refractivity contribution in [2.24, 2.45) is 0 Å². The molecule has 1 saturated heterocycles. The number of hydrogen-bond donors (Lipinski definition) is 2. The fraction of sp³-hybridized carbons (Fsp3) is 0.429. The predicted molar refractivity (Wildman–Crippen MR) is 116 cm³/mol. The molecule has 1 fully saturated rings. The molecule has 3 heterocycles. The van der Waals surface area contributed by atoms with Crippen LogP contribution in [0.3, 0.4) is 0 Å². The Kier molecular flexibility index (Phi) is 5.62. The summed E-state index contributed by atoms with van der Waals surface area (Å²) in [5.41, 5.74) is 3.84. The second kappa shape index (κ2) is 8.13. The Labute approximate surface area is 169 Å². The van der Waals surface area contributed by atoms with Crippen molar-refractivity contribution < 1.29 is 0 Å². The Morgan fingerprint density at radius 2 is 1.85 bits per heavy atom. The van der Waals surface area contributed by atoms with Crippen molar-refractivity contribution in [1.29, 1.82) is 0 Å². The zero-order chi connectivity index (χ0) is 18.8. The molecule has 4 nitrogen and oxygen atoms in total. The Bertz CT molecular complexity index is 929. The molecule has 142 valence electrons. The standard InChI is InChI=1S/C21H25ClN4S/c1-3-13-5-7-14(8-6-13)17-16(4-2)27-20-18(17)19(25-21(22)26-20)24-15-9-11-23-12-10-15/h5-8,15,23H,3-4,9-12H2,1-2H3,(H,24,25,26). The number of rotatable bonds is 5. The lowest BCUT2D eigenvalue weighted by Crippen LogP contribution is -2.35. The van der Waals surface area contributed by atoms with Crippen molar-refractivity contribution in [2.75, 3.05) is 18.4 Å². The van der Waals surface area contributed by atoms with E-state index >= 15 is 0 Å². The number of benzene rings is 1. The Morgan fingerprint density at radius 3 is 2.52 bits per heavy atom. The molecule has 1 aromatic carbocycles. The number of nitrogens with zero attached hydrogens (tertiary/aromatic N) is 2. The Hall–Kier alpha value is -1.69. The first kappa shape index (κ1) is 18.7. The average molecular weight is 401 g/mol. The van der Waals surface area contributed by atoms with Gasteiger partial charge in [0.2, 0.25) is 5.28 Å². The molecule has 2 N–H and O–H groups in total. The lowest BCUT2D eigenvalue weighted by molar-refractivity contribution is 0.478. The fourth-order valence-electron chi connectivity index (χ4n) is 3.75. The summed E-state index contributed by atoms with van der Waals surface area (Å²) in [5, 5.41) is 8.51. The summed E-state index contributed by atoms with van der Waals surface area (Å²) in [6.07, 6.45) is 4.20. The second-order valence-corrected chi connectivity index (χ2v) is 8.42. The fourth-order valence-corrected chi connectivity index (χ4v) is 5.10. The molecule has 0 bridgehead atoms. The first-order chi connectivity index (χ1) is 13.2. The minimum atomic E-state index is 0.315. The van der Waals surface area contributed by atoms with Gasteiger partial charge in [0.15, 0.2) is 0 Å². The van der Waals surface area contributed by atoms with Crippen molar-refractivity contribution in [3.63, 3.8) is 0 Å². The van der Waals surface area contributed by atoms with Gasteiger partial charge in [-0.25, -0.2) is 9.97 Å². The lowest BCUT2D eigenvalue weighted by atomic mass is 9.99. The number of aromatic nitrogens is 2. The van der Waals surface area contributed by atoms with Crippen LogP contribution in [0.5, 0.6) is 0 Å². The summed E-state index contributed by atoms with van der Waals surface area (Å²) >= 11 is 8.00. The van der Waals surface area contributed by atoms with E-state index in [-0.39, 0.29) is 0 Å². The lowest BCUT2D eigenvalue weighted by Gasteiger charge is -2.24. The molecule has 1 aliphatic heterocycles. The molecule has 2 aromatic heterocycles. The predicted octanol–water partition coefficient (Wildman–Crippen LogP) is 5.30. The molecule has 27 heavy (non-hydrogen) atoms. The van der Waals surface area contributed by atoms with Gasteiger partial charge in [-0.2, -0.15) is 0 Å². The summed E-state index contributed by atoms with van der Waals surface area (Å²) in [6, 6.07) is 9.30. The van der Waals surface area contributed by atoms with E-state index in [1.165, 1.54) is 21.6 Å². The van der Waals surface area contributed by atoms with E-state index in [1.807, 2.05) is 0 Å². The minimum absolute atomic E-state index is 0.315. The average Bonchev–Trinajstić information content (AvgIpc) is 3.07. The van der Waals surface area contributed by atoms with Gasteiger partial charge in [-0.15, -0.1) is 11.3 Å². The quantitative estimate of drug-likeness (QED) is 0.570. The van der Waals surface area contributed by atoms with Gasteiger partial charge < -0.3 is 10.6 Å². The molecule has 3 aromatic rings. The second-order valence-electron chi connectivity index (χ2n) is 6.99. The third-order valence-corrected chi connectivity index (χ3v) is 6.65. The summed E-state index contributed by atoms with van der Waals surface area (Å²) in [6.45, 7) is 6.45. The molecule has 0 unspecified atom stereocenters. The summed E-state index contributed by atoms with van der Waals surface area (Å²) in [4.78, 5) is 11.4. The zero-order valence-corrected chi connectivity index (χ0v) is 17.4. The molecular formula is C21H25ClN4S. The third kappa shape index (κ3) is 3.82. The van der Waals surface area contributed by atoms with Crippen molar-refractivity contribution in [3.05, 3.63) is 40.0 Å².